The van der Waals surface area contributed by atoms with Crippen molar-refractivity contribution in [1.29, 1.82) is 0 Å². The minimum absolute atomic E-state index is 0.188. The van der Waals surface area contributed by atoms with Crippen LogP contribution in [-0.2, 0) is 4.79 Å². The second-order valence-corrected chi connectivity index (χ2v) is 2.59. The lowest BCUT2D eigenvalue weighted by molar-refractivity contribution is -0.136. The summed E-state index contributed by atoms with van der Waals surface area (Å²) in [6.07, 6.45) is 4.89. The minimum atomic E-state index is -0.741. The Kier molecular flexibility index (Phi) is 1.90. The molecule has 0 fully saturated rings. The fourth-order valence-electron chi connectivity index (χ4n) is 1.05. The van der Waals surface area contributed by atoms with Crippen molar-refractivity contribution < 1.29 is 9.90 Å². The first-order valence-electron chi connectivity index (χ1n) is 3.25. The van der Waals surface area contributed by atoms with E-state index in [1.807, 2.05) is 19.1 Å². The molecule has 0 atom stereocenters. The summed E-state index contributed by atoms with van der Waals surface area (Å²) in [5.41, 5.74) is 2.25. The normalized spacial score (nSPS) is 16.5. The van der Waals surface area contributed by atoms with Crippen molar-refractivity contribution in [3.8, 4) is 0 Å². The number of carbonyl (C=O) groups is 1. The summed E-state index contributed by atoms with van der Waals surface area (Å²) >= 11 is 0. The van der Waals surface area contributed by atoms with Crippen molar-refractivity contribution in [2.45, 2.75) is 19.8 Å². The van der Waals surface area contributed by atoms with E-state index in [4.69, 9.17) is 5.11 Å². The highest BCUT2D eigenvalue weighted by molar-refractivity contribution is 5.70. The lowest BCUT2D eigenvalue weighted by Gasteiger charge is -1.95. The van der Waals surface area contributed by atoms with Gasteiger partial charge in [0.2, 0.25) is 0 Å². The molecule has 0 aromatic carbocycles. The molecule has 2 nitrogen and oxygen atoms in total. The van der Waals surface area contributed by atoms with Crippen LogP contribution >= 0.6 is 0 Å². The van der Waals surface area contributed by atoms with Gasteiger partial charge in [0, 0.05) is 0 Å². The average molecular weight is 138 g/mol. The third-order valence-corrected chi connectivity index (χ3v) is 1.49. The molecule has 1 N–H and O–H groups in total. The van der Waals surface area contributed by atoms with E-state index in [1.54, 1.807) is 0 Å². The highest BCUT2D eigenvalue weighted by Gasteiger charge is 2.07. The first kappa shape index (κ1) is 7.06. The van der Waals surface area contributed by atoms with Crippen molar-refractivity contribution in [3.05, 3.63) is 23.3 Å². The van der Waals surface area contributed by atoms with Crippen LogP contribution in [0.1, 0.15) is 19.8 Å². The van der Waals surface area contributed by atoms with E-state index in [0.29, 0.717) is 0 Å². The van der Waals surface area contributed by atoms with Crippen LogP contribution in [0.15, 0.2) is 23.3 Å². The molecule has 1 rings (SSSR count). The lowest BCUT2D eigenvalue weighted by atomic mass is 10.1. The van der Waals surface area contributed by atoms with Gasteiger partial charge in [-0.2, -0.15) is 0 Å². The van der Waals surface area contributed by atoms with Crippen LogP contribution in [0.3, 0.4) is 0 Å². The molecule has 0 aliphatic heterocycles. The Morgan fingerprint density at radius 3 is 2.80 bits per heavy atom. The predicted molar refractivity (Wildman–Crippen MR) is 38.7 cm³/mol. The van der Waals surface area contributed by atoms with Crippen molar-refractivity contribution >= 4 is 5.97 Å². The molecule has 0 amide bonds. The smallest absolute Gasteiger partial charge is 0.307 e. The Morgan fingerprint density at radius 2 is 2.40 bits per heavy atom. The number of hydrogen-bond donors (Lipinski definition) is 1. The number of hydrogen-bond acceptors (Lipinski definition) is 1. The second kappa shape index (κ2) is 2.69. The summed E-state index contributed by atoms with van der Waals surface area (Å²) in [7, 11) is 0. The summed E-state index contributed by atoms with van der Waals surface area (Å²) in [4.78, 5) is 10.2. The SMILES string of the molecule is CC1=CC=C(CC(=O)O)C1. The Morgan fingerprint density at radius 1 is 1.70 bits per heavy atom. The van der Waals surface area contributed by atoms with Crippen LogP contribution in [0.25, 0.3) is 0 Å². The molecule has 54 valence electrons. The zero-order valence-corrected chi connectivity index (χ0v) is 5.92. The predicted octanol–water partition coefficient (Wildman–Crippen LogP) is 1.74. The van der Waals surface area contributed by atoms with Crippen LogP contribution in [-0.4, -0.2) is 11.1 Å². The van der Waals surface area contributed by atoms with Crippen LogP contribution in [0.2, 0.25) is 0 Å². The Balaban J connectivity index is 2.43. The Labute approximate surface area is 59.9 Å². The van der Waals surface area contributed by atoms with Gasteiger partial charge in [0.05, 0.1) is 6.42 Å². The van der Waals surface area contributed by atoms with Gasteiger partial charge in [-0.15, -0.1) is 0 Å². The maximum absolute atomic E-state index is 10.2. The van der Waals surface area contributed by atoms with E-state index < -0.39 is 5.97 Å². The zero-order chi connectivity index (χ0) is 7.56. The minimum Gasteiger partial charge on any atom is -0.481 e. The molecule has 0 saturated carbocycles. The Bertz CT molecular complexity index is 211. The molecule has 0 bridgehead atoms. The quantitative estimate of drug-likeness (QED) is 0.631. The highest BCUT2D eigenvalue weighted by atomic mass is 16.4. The van der Waals surface area contributed by atoms with Gasteiger partial charge in [0.25, 0.3) is 0 Å². The molecule has 10 heavy (non-hydrogen) atoms. The zero-order valence-electron chi connectivity index (χ0n) is 5.92. The fourth-order valence-corrected chi connectivity index (χ4v) is 1.05. The van der Waals surface area contributed by atoms with Gasteiger partial charge in [-0.3, -0.25) is 4.79 Å². The summed E-state index contributed by atoms with van der Waals surface area (Å²) in [6, 6.07) is 0. The third-order valence-electron chi connectivity index (χ3n) is 1.49. The maximum atomic E-state index is 10.2. The molecule has 0 unspecified atom stereocenters. The van der Waals surface area contributed by atoms with Crippen LogP contribution < -0.4 is 0 Å². The fraction of sp³-hybridized carbons (Fsp3) is 0.375. The summed E-state index contributed by atoms with van der Waals surface area (Å²) < 4.78 is 0. The molecule has 0 radical (unpaired) electrons. The number of carboxylic acid groups (broad SMARTS) is 1. The van der Waals surface area contributed by atoms with E-state index in [1.165, 1.54) is 5.57 Å². The van der Waals surface area contributed by atoms with Crippen LogP contribution in [0.4, 0.5) is 0 Å². The van der Waals surface area contributed by atoms with Crippen LogP contribution in [0.5, 0.6) is 0 Å². The monoisotopic (exact) mass is 138 g/mol. The van der Waals surface area contributed by atoms with Gasteiger partial charge in [-0.1, -0.05) is 23.3 Å². The first-order valence-corrected chi connectivity index (χ1v) is 3.25. The van der Waals surface area contributed by atoms with E-state index in [0.717, 1.165) is 12.0 Å². The van der Waals surface area contributed by atoms with Crippen LogP contribution in [0, 0.1) is 0 Å². The molecule has 0 aromatic heterocycles. The van der Waals surface area contributed by atoms with Crippen molar-refractivity contribution in [3.63, 3.8) is 0 Å². The van der Waals surface area contributed by atoms with Gasteiger partial charge in [-0.25, -0.2) is 0 Å². The number of carboxylic acids is 1. The van der Waals surface area contributed by atoms with Crippen molar-refractivity contribution in [2.24, 2.45) is 0 Å². The number of aliphatic carboxylic acids is 1. The molecule has 1 aliphatic rings. The van der Waals surface area contributed by atoms with Crippen molar-refractivity contribution in [1.82, 2.24) is 0 Å². The molecule has 0 spiro atoms. The van der Waals surface area contributed by atoms with Gasteiger partial charge in [-0.05, 0) is 13.3 Å². The molecule has 1 aliphatic carbocycles. The molecular weight excluding hydrogens is 128 g/mol. The highest BCUT2D eigenvalue weighted by Crippen LogP contribution is 2.20. The van der Waals surface area contributed by atoms with E-state index in [-0.39, 0.29) is 6.42 Å². The average Bonchev–Trinajstić information content (AvgIpc) is 2.13. The van der Waals surface area contributed by atoms with Gasteiger partial charge in [0.15, 0.2) is 0 Å². The van der Waals surface area contributed by atoms with E-state index >= 15 is 0 Å². The summed E-state index contributed by atoms with van der Waals surface area (Å²) in [5.74, 6) is -0.741. The first-order chi connectivity index (χ1) is 4.68. The molecule has 2 heteroatoms. The van der Waals surface area contributed by atoms with Gasteiger partial charge < -0.3 is 5.11 Å². The third kappa shape index (κ3) is 1.72. The van der Waals surface area contributed by atoms with Gasteiger partial charge in [0.1, 0.15) is 0 Å². The van der Waals surface area contributed by atoms with Crippen molar-refractivity contribution in [2.75, 3.05) is 0 Å². The lowest BCUT2D eigenvalue weighted by Crippen LogP contribution is -1.95. The molecule has 0 saturated heterocycles. The van der Waals surface area contributed by atoms with E-state index in [2.05, 4.69) is 0 Å². The topological polar surface area (TPSA) is 37.3 Å². The van der Waals surface area contributed by atoms with Gasteiger partial charge >= 0.3 is 5.97 Å². The molecular formula is C8H10O2. The largest absolute Gasteiger partial charge is 0.481 e. The standard InChI is InChI=1S/C8H10O2/c1-6-2-3-7(4-6)5-8(9)10/h2-3H,4-5H2,1H3,(H,9,10). The maximum Gasteiger partial charge on any atom is 0.307 e. The number of allylic oxidation sites excluding steroid dienone is 3. The number of rotatable bonds is 2. The molecule has 0 aromatic rings. The summed E-state index contributed by atoms with van der Waals surface area (Å²) in [6.45, 7) is 2.01. The van der Waals surface area contributed by atoms with E-state index in [9.17, 15) is 4.79 Å². The Hall–Kier alpha value is -1.05. The second-order valence-electron chi connectivity index (χ2n) is 2.59. The summed E-state index contributed by atoms with van der Waals surface area (Å²) in [5, 5.41) is 8.40. The molecule has 0 heterocycles.